The van der Waals surface area contributed by atoms with E-state index < -0.39 is 0 Å². The lowest BCUT2D eigenvalue weighted by atomic mass is 9.93. The molecule has 0 bridgehead atoms. The summed E-state index contributed by atoms with van der Waals surface area (Å²) in [4.78, 5) is 17.0. The second kappa shape index (κ2) is 8.27. The van der Waals surface area contributed by atoms with Crippen LogP contribution in [-0.4, -0.2) is 61.6 Å². The van der Waals surface area contributed by atoms with Crippen molar-refractivity contribution in [3.63, 3.8) is 0 Å². The highest BCUT2D eigenvalue weighted by Crippen LogP contribution is 2.22. The number of hydrogen-bond donors (Lipinski definition) is 0. The van der Waals surface area contributed by atoms with Gasteiger partial charge in [-0.25, -0.2) is 0 Å². The predicted octanol–water partition coefficient (Wildman–Crippen LogP) is 2.13. The van der Waals surface area contributed by atoms with Crippen molar-refractivity contribution in [1.29, 1.82) is 5.26 Å². The van der Waals surface area contributed by atoms with E-state index in [1.807, 2.05) is 4.90 Å². The lowest BCUT2D eigenvalue weighted by Crippen LogP contribution is -2.40. The van der Waals surface area contributed by atoms with Crippen molar-refractivity contribution in [1.82, 2.24) is 9.80 Å². The zero-order chi connectivity index (χ0) is 16.8. The standard InChI is InChI=1S/C19H25N3O2/c20-15-17-2-1-3-18(14-17)19(23)22-8-5-16(6-9-22)4-7-21-10-12-24-13-11-21/h1-3,14,16H,4-13H2. The van der Waals surface area contributed by atoms with E-state index in [1.165, 1.54) is 6.42 Å². The molecule has 2 aliphatic rings. The van der Waals surface area contributed by atoms with Crippen molar-refractivity contribution >= 4 is 5.91 Å². The maximum Gasteiger partial charge on any atom is 0.253 e. The quantitative estimate of drug-likeness (QED) is 0.850. The first-order valence-corrected chi connectivity index (χ1v) is 8.86. The van der Waals surface area contributed by atoms with Gasteiger partial charge >= 0.3 is 0 Å². The summed E-state index contributed by atoms with van der Waals surface area (Å²) in [6.07, 6.45) is 3.37. The molecule has 2 saturated heterocycles. The van der Waals surface area contributed by atoms with Gasteiger partial charge in [0.25, 0.3) is 5.91 Å². The molecular weight excluding hydrogens is 302 g/mol. The fourth-order valence-corrected chi connectivity index (χ4v) is 3.52. The van der Waals surface area contributed by atoms with Gasteiger partial charge in [-0.2, -0.15) is 5.26 Å². The molecule has 0 atom stereocenters. The van der Waals surface area contributed by atoms with Crippen LogP contribution in [0.25, 0.3) is 0 Å². The van der Waals surface area contributed by atoms with Crippen LogP contribution in [-0.2, 0) is 4.74 Å². The Balaban J connectivity index is 1.45. The SMILES string of the molecule is N#Cc1cccc(C(=O)N2CCC(CCN3CCOCC3)CC2)c1. The minimum absolute atomic E-state index is 0.0544. The van der Waals surface area contributed by atoms with Crippen LogP contribution in [0, 0.1) is 17.2 Å². The minimum Gasteiger partial charge on any atom is -0.379 e. The van der Waals surface area contributed by atoms with Gasteiger partial charge < -0.3 is 9.64 Å². The highest BCUT2D eigenvalue weighted by Gasteiger charge is 2.24. The Morgan fingerprint density at radius 3 is 2.67 bits per heavy atom. The number of benzene rings is 1. The Morgan fingerprint density at radius 2 is 1.96 bits per heavy atom. The van der Waals surface area contributed by atoms with E-state index in [2.05, 4.69) is 11.0 Å². The number of amides is 1. The van der Waals surface area contributed by atoms with Gasteiger partial charge in [-0.1, -0.05) is 6.07 Å². The zero-order valence-electron chi connectivity index (χ0n) is 14.1. The molecule has 1 aromatic carbocycles. The fourth-order valence-electron chi connectivity index (χ4n) is 3.52. The first kappa shape index (κ1) is 16.9. The average molecular weight is 327 g/mol. The second-order valence-corrected chi connectivity index (χ2v) is 6.67. The summed E-state index contributed by atoms with van der Waals surface area (Å²) in [7, 11) is 0. The van der Waals surface area contributed by atoms with Gasteiger partial charge in [0.05, 0.1) is 24.8 Å². The lowest BCUT2D eigenvalue weighted by molar-refractivity contribution is 0.0332. The number of piperidine rings is 1. The molecule has 0 unspecified atom stereocenters. The third-order valence-electron chi connectivity index (χ3n) is 5.10. The first-order valence-electron chi connectivity index (χ1n) is 8.86. The maximum absolute atomic E-state index is 12.6. The number of likely N-dealkylation sites (tertiary alicyclic amines) is 1. The van der Waals surface area contributed by atoms with Crippen LogP contribution in [0.15, 0.2) is 24.3 Å². The van der Waals surface area contributed by atoms with E-state index in [0.717, 1.165) is 58.8 Å². The Bertz CT molecular complexity index is 597. The van der Waals surface area contributed by atoms with Crippen molar-refractivity contribution in [2.75, 3.05) is 45.9 Å². The van der Waals surface area contributed by atoms with Gasteiger partial charge in [-0.3, -0.25) is 9.69 Å². The van der Waals surface area contributed by atoms with Crippen LogP contribution in [0.2, 0.25) is 0 Å². The molecule has 2 heterocycles. The zero-order valence-corrected chi connectivity index (χ0v) is 14.1. The van der Waals surface area contributed by atoms with Crippen molar-refractivity contribution in [2.24, 2.45) is 5.92 Å². The summed E-state index contributed by atoms with van der Waals surface area (Å²) >= 11 is 0. The molecule has 2 fully saturated rings. The van der Waals surface area contributed by atoms with Gasteiger partial charge in [0, 0.05) is 31.7 Å². The average Bonchev–Trinajstić information content (AvgIpc) is 2.67. The minimum atomic E-state index is 0.0544. The number of carbonyl (C=O) groups is 1. The number of rotatable bonds is 4. The monoisotopic (exact) mass is 327 g/mol. The van der Waals surface area contributed by atoms with E-state index in [1.54, 1.807) is 24.3 Å². The highest BCUT2D eigenvalue weighted by atomic mass is 16.5. The molecule has 3 rings (SSSR count). The molecule has 0 aliphatic carbocycles. The smallest absolute Gasteiger partial charge is 0.253 e. The number of nitrogens with zero attached hydrogens (tertiary/aromatic N) is 3. The lowest BCUT2D eigenvalue weighted by Gasteiger charge is -2.34. The normalized spacial score (nSPS) is 19.9. The van der Waals surface area contributed by atoms with E-state index in [9.17, 15) is 4.79 Å². The topological polar surface area (TPSA) is 56.6 Å². The van der Waals surface area contributed by atoms with Gasteiger partial charge in [0.2, 0.25) is 0 Å². The molecule has 0 radical (unpaired) electrons. The van der Waals surface area contributed by atoms with Crippen molar-refractivity contribution in [2.45, 2.75) is 19.3 Å². The fraction of sp³-hybridized carbons (Fsp3) is 0.579. The van der Waals surface area contributed by atoms with Gasteiger partial charge in [-0.05, 0) is 49.9 Å². The van der Waals surface area contributed by atoms with Crippen LogP contribution in [0.4, 0.5) is 0 Å². The molecule has 2 aliphatic heterocycles. The summed E-state index contributed by atoms with van der Waals surface area (Å²) in [5.41, 5.74) is 1.17. The van der Waals surface area contributed by atoms with E-state index in [0.29, 0.717) is 17.0 Å². The summed E-state index contributed by atoms with van der Waals surface area (Å²) in [6.45, 7) is 6.60. The molecule has 1 aromatic rings. The molecule has 24 heavy (non-hydrogen) atoms. The van der Waals surface area contributed by atoms with E-state index in [-0.39, 0.29) is 5.91 Å². The van der Waals surface area contributed by atoms with Crippen LogP contribution in [0.1, 0.15) is 35.2 Å². The molecule has 5 heteroatoms. The first-order chi connectivity index (χ1) is 11.8. The predicted molar refractivity (Wildman–Crippen MR) is 91.7 cm³/mol. The molecule has 1 amide bonds. The van der Waals surface area contributed by atoms with Crippen LogP contribution in [0.5, 0.6) is 0 Å². The largest absolute Gasteiger partial charge is 0.379 e. The van der Waals surface area contributed by atoms with Crippen LogP contribution >= 0.6 is 0 Å². The summed E-state index contributed by atoms with van der Waals surface area (Å²) in [5, 5.41) is 8.97. The highest BCUT2D eigenvalue weighted by molar-refractivity contribution is 5.94. The molecule has 5 nitrogen and oxygen atoms in total. The number of carbonyl (C=O) groups excluding carboxylic acids is 1. The number of morpholine rings is 1. The third-order valence-corrected chi connectivity index (χ3v) is 5.10. The van der Waals surface area contributed by atoms with Crippen molar-refractivity contribution in [3.8, 4) is 6.07 Å². The summed E-state index contributed by atoms with van der Waals surface area (Å²) in [5.74, 6) is 0.765. The van der Waals surface area contributed by atoms with Gasteiger partial charge in [0.1, 0.15) is 0 Å². The Hall–Kier alpha value is -1.90. The molecule has 0 N–H and O–H groups in total. The molecule has 0 spiro atoms. The van der Waals surface area contributed by atoms with Crippen molar-refractivity contribution in [3.05, 3.63) is 35.4 Å². The van der Waals surface area contributed by atoms with E-state index in [4.69, 9.17) is 10.00 Å². The maximum atomic E-state index is 12.6. The van der Waals surface area contributed by atoms with Crippen LogP contribution in [0.3, 0.4) is 0 Å². The molecular formula is C19H25N3O2. The van der Waals surface area contributed by atoms with Crippen LogP contribution < -0.4 is 0 Å². The number of ether oxygens (including phenoxy) is 1. The Labute approximate surface area is 143 Å². The molecule has 0 aromatic heterocycles. The van der Waals surface area contributed by atoms with Gasteiger partial charge in [0.15, 0.2) is 0 Å². The number of nitriles is 1. The van der Waals surface area contributed by atoms with E-state index >= 15 is 0 Å². The third kappa shape index (κ3) is 4.34. The Morgan fingerprint density at radius 1 is 1.21 bits per heavy atom. The van der Waals surface area contributed by atoms with Crippen molar-refractivity contribution < 1.29 is 9.53 Å². The Kier molecular flexibility index (Phi) is 5.84. The molecule has 0 saturated carbocycles. The van der Waals surface area contributed by atoms with Gasteiger partial charge in [-0.15, -0.1) is 0 Å². The molecule has 128 valence electrons. The summed E-state index contributed by atoms with van der Waals surface area (Å²) in [6, 6.07) is 9.09. The summed E-state index contributed by atoms with van der Waals surface area (Å²) < 4.78 is 5.38. The second-order valence-electron chi connectivity index (χ2n) is 6.67. The number of hydrogen-bond acceptors (Lipinski definition) is 4.